The summed E-state index contributed by atoms with van der Waals surface area (Å²) in [5.74, 6) is 0. The summed E-state index contributed by atoms with van der Waals surface area (Å²) in [7, 11) is 2.00. The lowest BCUT2D eigenvalue weighted by Crippen LogP contribution is -2.26. The summed E-state index contributed by atoms with van der Waals surface area (Å²) < 4.78 is 0. The fourth-order valence-corrected chi connectivity index (χ4v) is 2.90. The van der Waals surface area contributed by atoms with Gasteiger partial charge in [-0.05, 0) is 43.1 Å². The Kier molecular flexibility index (Phi) is 3.51. The van der Waals surface area contributed by atoms with Gasteiger partial charge in [0.15, 0.2) is 0 Å². The van der Waals surface area contributed by atoms with Gasteiger partial charge >= 0.3 is 0 Å². The molecular formula is C17H20N2. The fraction of sp³-hybridized carbons (Fsp3) is 0.294. The summed E-state index contributed by atoms with van der Waals surface area (Å²) in [4.78, 5) is 2.46. The topological polar surface area (TPSA) is 15.3 Å². The van der Waals surface area contributed by atoms with Crippen LogP contribution in [-0.4, -0.2) is 13.6 Å². The molecular weight excluding hydrogens is 232 g/mol. The molecule has 1 aliphatic heterocycles. The Bertz CT molecular complexity index is 563. The average molecular weight is 252 g/mol. The average Bonchev–Trinajstić information content (AvgIpc) is 2.48. The summed E-state index contributed by atoms with van der Waals surface area (Å²) in [6, 6.07) is 17.5. The first-order valence-electron chi connectivity index (χ1n) is 6.98. The number of nitrogens with zero attached hydrogens (tertiary/aromatic N) is 1. The van der Waals surface area contributed by atoms with Crippen LogP contribution < -0.4 is 10.2 Å². The molecule has 98 valence electrons. The zero-order valence-electron chi connectivity index (χ0n) is 11.4. The maximum atomic E-state index is 3.26. The van der Waals surface area contributed by atoms with Gasteiger partial charge in [-0.3, -0.25) is 0 Å². The van der Waals surface area contributed by atoms with Gasteiger partial charge in [0, 0.05) is 24.5 Å². The molecule has 0 amide bonds. The molecule has 0 aromatic heterocycles. The lowest BCUT2D eigenvalue weighted by atomic mass is 10.00. The Morgan fingerprint density at radius 2 is 1.74 bits per heavy atom. The van der Waals surface area contributed by atoms with Crippen LogP contribution in [0.3, 0.4) is 0 Å². The SMILES string of the molecule is CNCc1ccccc1N1CCCc2ccccc21. The highest BCUT2D eigenvalue weighted by molar-refractivity contribution is 5.70. The maximum Gasteiger partial charge on any atom is 0.0456 e. The molecule has 2 heteroatoms. The lowest BCUT2D eigenvalue weighted by molar-refractivity contribution is 0.755. The molecule has 1 aliphatic rings. The second kappa shape index (κ2) is 5.45. The van der Waals surface area contributed by atoms with Crippen molar-refractivity contribution in [1.29, 1.82) is 0 Å². The second-order valence-corrected chi connectivity index (χ2v) is 5.04. The molecule has 1 N–H and O–H groups in total. The van der Waals surface area contributed by atoms with E-state index in [9.17, 15) is 0 Å². The van der Waals surface area contributed by atoms with Gasteiger partial charge in [-0.2, -0.15) is 0 Å². The first-order valence-corrected chi connectivity index (χ1v) is 6.98. The van der Waals surface area contributed by atoms with Gasteiger partial charge in [0.25, 0.3) is 0 Å². The van der Waals surface area contributed by atoms with Crippen LogP contribution in [0.4, 0.5) is 11.4 Å². The van der Waals surface area contributed by atoms with E-state index in [4.69, 9.17) is 0 Å². The third kappa shape index (κ3) is 2.36. The maximum absolute atomic E-state index is 3.26. The third-order valence-electron chi connectivity index (χ3n) is 3.76. The van der Waals surface area contributed by atoms with E-state index >= 15 is 0 Å². The van der Waals surface area contributed by atoms with Gasteiger partial charge in [-0.1, -0.05) is 36.4 Å². The van der Waals surface area contributed by atoms with E-state index in [-0.39, 0.29) is 0 Å². The van der Waals surface area contributed by atoms with Crippen LogP contribution in [0.2, 0.25) is 0 Å². The van der Waals surface area contributed by atoms with Gasteiger partial charge in [0.05, 0.1) is 0 Å². The minimum Gasteiger partial charge on any atom is -0.341 e. The fourth-order valence-electron chi connectivity index (χ4n) is 2.90. The monoisotopic (exact) mass is 252 g/mol. The normalized spacial score (nSPS) is 14.3. The minimum atomic E-state index is 0.912. The Morgan fingerprint density at radius 1 is 1.00 bits per heavy atom. The number of rotatable bonds is 3. The first-order chi connectivity index (χ1) is 9.40. The summed E-state index contributed by atoms with van der Waals surface area (Å²) in [5, 5.41) is 3.26. The molecule has 0 fully saturated rings. The number of hydrogen-bond donors (Lipinski definition) is 1. The number of anilines is 2. The Hall–Kier alpha value is -1.80. The molecule has 0 aliphatic carbocycles. The van der Waals surface area contributed by atoms with E-state index in [1.807, 2.05) is 7.05 Å². The van der Waals surface area contributed by atoms with E-state index in [1.165, 1.54) is 35.3 Å². The van der Waals surface area contributed by atoms with Gasteiger partial charge in [-0.15, -0.1) is 0 Å². The van der Waals surface area contributed by atoms with Gasteiger partial charge < -0.3 is 10.2 Å². The van der Waals surface area contributed by atoms with E-state index in [2.05, 4.69) is 58.7 Å². The quantitative estimate of drug-likeness (QED) is 0.899. The van der Waals surface area contributed by atoms with Gasteiger partial charge in [-0.25, -0.2) is 0 Å². The predicted molar refractivity (Wildman–Crippen MR) is 81.0 cm³/mol. The lowest BCUT2D eigenvalue weighted by Gasteiger charge is -2.32. The molecule has 2 aromatic carbocycles. The van der Waals surface area contributed by atoms with Crippen molar-refractivity contribution in [3.05, 3.63) is 59.7 Å². The van der Waals surface area contributed by atoms with E-state index in [0.29, 0.717) is 0 Å². The number of nitrogens with one attached hydrogen (secondary N) is 1. The Morgan fingerprint density at radius 3 is 2.58 bits per heavy atom. The number of para-hydroxylation sites is 2. The number of benzene rings is 2. The van der Waals surface area contributed by atoms with E-state index in [1.54, 1.807) is 0 Å². The van der Waals surface area contributed by atoms with Crippen LogP contribution in [0.25, 0.3) is 0 Å². The largest absolute Gasteiger partial charge is 0.341 e. The zero-order valence-corrected chi connectivity index (χ0v) is 11.4. The van der Waals surface area contributed by atoms with Crippen LogP contribution in [0, 0.1) is 0 Å². The molecule has 3 rings (SSSR count). The van der Waals surface area contributed by atoms with Crippen molar-refractivity contribution in [3.63, 3.8) is 0 Å². The zero-order chi connectivity index (χ0) is 13.1. The molecule has 1 heterocycles. The second-order valence-electron chi connectivity index (χ2n) is 5.04. The molecule has 0 atom stereocenters. The molecule has 0 unspecified atom stereocenters. The molecule has 2 nitrogen and oxygen atoms in total. The van der Waals surface area contributed by atoms with Crippen molar-refractivity contribution in [3.8, 4) is 0 Å². The van der Waals surface area contributed by atoms with Crippen LogP contribution in [0.15, 0.2) is 48.5 Å². The number of fused-ring (bicyclic) bond motifs is 1. The molecule has 0 saturated carbocycles. The third-order valence-corrected chi connectivity index (χ3v) is 3.76. The smallest absolute Gasteiger partial charge is 0.0456 e. The van der Waals surface area contributed by atoms with E-state index in [0.717, 1.165) is 13.1 Å². The van der Waals surface area contributed by atoms with Crippen molar-refractivity contribution < 1.29 is 0 Å². The molecule has 2 aromatic rings. The van der Waals surface area contributed by atoms with Crippen LogP contribution in [-0.2, 0) is 13.0 Å². The summed E-state index contributed by atoms with van der Waals surface area (Å²) >= 11 is 0. The van der Waals surface area contributed by atoms with Crippen molar-refractivity contribution >= 4 is 11.4 Å². The molecule has 0 radical (unpaired) electrons. The Labute approximate surface area is 115 Å². The predicted octanol–water partition coefficient (Wildman–Crippen LogP) is 3.49. The first kappa shape index (κ1) is 12.2. The van der Waals surface area contributed by atoms with Crippen LogP contribution in [0.1, 0.15) is 17.5 Å². The summed E-state index contributed by atoms with van der Waals surface area (Å²) in [6.07, 6.45) is 2.42. The summed E-state index contributed by atoms with van der Waals surface area (Å²) in [6.45, 7) is 2.02. The Balaban J connectivity index is 2.04. The summed E-state index contributed by atoms with van der Waals surface area (Å²) in [5.41, 5.74) is 5.54. The van der Waals surface area contributed by atoms with Crippen molar-refractivity contribution in [2.45, 2.75) is 19.4 Å². The minimum absolute atomic E-state index is 0.912. The number of hydrogen-bond acceptors (Lipinski definition) is 2. The van der Waals surface area contributed by atoms with Crippen LogP contribution >= 0.6 is 0 Å². The van der Waals surface area contributed by atoms with Crippen molar-refractivity contribution in [2.24, 2.45) is 0 Å². The molecule has 0 spiro atoms. The van der Waals surface area contributed by atoms with Gasteiger partial charge in [0.2, 0.25) is 0 Å². The van der Waals surface area contributed by atoms with Gasteiger partial charge in [0.1, 0.15) is 0 Å². The molecule has 0 saturated heterocycles. The standard InChI is InChI=1S/C17H20N2/c1-18-13-15-8-3-5-11-17(15)19-12-6-9-14-7-2-4-10-16(14)19/h2-5,7-8,10-11,18H,6,9,12-13H2,1H3. The van der Waals surface area contributed by atoms with Crippen molar-refractivity contribution in [2.75, 3.05) is 18.5 Å². The molecule has 0 bridgehead atoms. The van der Waals surface area contributed by atoms with Crippen molar-refractivity contribution in [1.82, 2.24) is 5.32 Å². The highest BCUT2D eigenvalue weighted by Crippen LogP contribution is 2.34. The number of aryl methyl sites for hydroxylation is 1. The molecule has 19 heavy (non-hydrogen) atoms. The highest BCUT2D eigenvalue weighted by atomic mass is 15.1. The van der Waals surface area contributed by atoms with Crippen LogP contribution in [0.5, 0.6) is 0 Å². The highest BCUT2D eigenvalue weighted by Gasteiger charge is 2.19. The van der Waals surface area contributed by atoms with E-state index < -0.39 is 0 Å².